The Morgan fingerprint density at radius 1 is 1.37 bits per heavy atom. The lowest BCUT2D eigenvalue weighted by atomic mass is 10.0. The average Bonchev–Trinajstić information content (AvgIpc) is 2.44. The SMILES string of the molecule is COc1nccnc1C(NN)c1cc(Br)ccc1Cl. The fraction of sp³-hybridized carbons (Fsp3) is 0.167. The number of nitrogens with zero attached hydrogens (tertiary/aromatic N) is 2. The molecule has 0 saturated carbocycles. The van der Waals surface area contributed by atoms with E-state index in [0.29, 0.717) is 16.6 Å². The molecule has 0 fully saturated rings. The Labute approximate surface area is 124 Å². The van der Waals surface area contributed by atoms with E-state index in [9.17, 15) is 0 Å². The molecule has 3 N–H and O–H groups in total. The molecule has 19 heavy (non-hydrogen) atoms. The van der Waals surface area contributed by atoms with Crippen LogP contribution in [0.4, 0.5) is 0 Å². The topological polar surface area (TPSA) is 73.1 Å². The Balaban J connectivity index is 2.53. The van der Waals surface area contributed by atoms with Crippen LogP contribution in [0.3, 0.4) is 0 Å². The van der Waals surface area contributed by atoms with Gasteiger partial charge in [0.05, 0.1) is 13.2 Å². The maximum Gasteiger partial charge on any atom is 0.237 e. The van der Waals surface area contributed by atoms with Crippen molar-refractivity contribution in [3.63, 3.8) is 0 Å². The highest BCUT2D eigenvalue weighted by molar-refractivity contribution is 9.10. The maximum atomic E-state index is 6.21. The first kappa shape index (κ1) is 14.2. The van der Waals surface area contributed by atoms with Crippen LogP contribution in [0.1, 0.15) is 17.3 Å². The minimum absolute atomic E-state index is 0.404. The number of hydrogen-bond donors (Lipinski definition) is 2. The minimum atomic E-state index is -0.409. The zero-order valence-electron chi connectivity index (χ0n) is 10.1. The van der Waals surface area contributed by atoms with E-state index in [2.05, 4.69) is 31.3 Å². The first-order valence-electron chi connectivity index (χ1n) is 5.43. The van der Waals surface area contributed by atoms with Gasteiger partial charge in [0.1, 0.15) is 5.69 Å². The van der Waals surface area contributed by atoms with Gasteiger partial charge in [0.2, 0.25) is 5.88 Å². The highest BCUT2D eigenvalue weighted by atomic mass is 79.9. The van der Waals surface area contributed by atoms with Crippen molar-refractivity contribution >= 4 is 27.5 Å². The molecule has 2 aromatic rings. The van der Waals surface area contributed by atoms with E-state index in [-0.39, 0.29) is 0 Å². The van der Waals surface area contributed by atoms with Gasteiger partial charge in [-0.1, -0.05) is 27.5 Å². The third-order valence-corrected chi connectivity index (χ3v) is 3.43. The van der Waals surface area contributed by atoms with Crippen molar-refractivity contribution in [1.82, 2.24) is 15.4 Å². The average molecular weight is 344 g/mol. The van der Waals surface area contributed by atoms with Crippen LogP contribution in [0, 0.1) is 0 Å². The van der Waals surface area contributed by atoms with Crippen LogP contribution in [0.2, 0.25) is 5.02 Å². The number of hydrogen-bond acceptors (Lipinski definition) is 5. The van der Waals surface area contributed by atoms with Crippen LogP contribution in [0.5, 0.6) is 5.88 Å². The third kappa shape index (κ3) is 3.03. The highest BCUT2D eigenvalue weighted by Crippen LogP contribution is 2.32. The van der Waals surface area contributed by atoms with E-state index < -0.39 is 6.04 Å². The van der Waals surface area contributed by atoms with Crippen molar-refractivity contribution < 1.29 is 4.74 Å². The molecule has 1 unspecified atom stereocenters. The van der Waals surface area contributed by atoms with Gasteiger partial charge in [0.15, 0.2) is 0 Å². The zero-order chi connectivity index (χ0) is 13.8. The van der Waals surface area contributed by atoms with Crippen LogP contribution in [0.15, 0.2) is 35.1 Å². The van der Waals surface area contributed by atoms with Crippen molar-refractivity contribution in [2.75, 3.05) is 7.11 Å². The summed E-state index contributed by atoms with van der Waals surface area (Å²) in [6.07, 6.45) is 3.13. The monoisotopic (exact) mass is 342 g/mol. The van der Waals surface area contributed by atoms with E-state index in [1.54, 1.807) is 18.5 Å². The molecule has 1 aromatic carbocycles. The first-order chi connectivity index (χ1) is 9.17. The summed E-state index contributed by atoms with van der Waals surface area (Å²) in [6, 6.07) is 5.11. The number of ether oxygens (including phenoxy) is 1. The largest absolute Gasteiger partial charge is 0.480 e. The Kier molecular flexibility index (Phi) is 4.71. The fourth-order valence-electron chi connectivity index (χ4n) is 1.74. The molecule has 0 aliphatic carbocycles. The quantitative estimate of drug-likeness (QED) is 0.659. The molecule has 5 nitrogen and oxygen atoms in total. The number of halogens is 2. The van der Waals surface area contributed by atoms with Crippen molar-refractivity contribution in [3.05, 3.63) is 51.3 Å². The molecule has 100 valence electrons. The second-order valence-electron chi connectivity index (χ2n) is 3.72. The minimum Gasteiger partial charge on any atom is -0.480 e. The molecule has 0 aliphatic rings. The standard InChI is InChI=1S/C12H12BrClN4O/c1-19-12-11(16-4-5-17-12)10(18-15)8-6-7(13)2-3-9(8)14/h2-6,10,18H,15H2,1H3. The van der Waals surface area contributed by atoms with E-state index in [4.69, 9.17) is 22.2 Å². The number of methoxy groups -OCH3 is 1. The Morgan fingerprint density at radius 3 is 2.79 bits per heavy atom. The lowest BCUT2D eigenvalue weighted by Crippen LogP contribution is -2.30. The zero-order valence-corrected chi connectivity index (χ0v) is 12.4. The summed E-state index contributed by atoms with van der Waals surface area (Å²) < 4.78 is 6.09. The number of hydrazine groups is 1. The summed E-state index contributed by atoms with van der Waals surface area (Å²) in [7, 11) is 1.53. The molecule has 0 aliphatic heterocycles. The lowest BCUT2D eigenvalue weighted by Gasteiger charge is -2.18. The number of aromatic nitrogens is 2. The molecule has 0 bridgehead atoms. The molecule has 2 rings (SSSR count). The number of nitrogens with two attached hydrogens (primary N) is 1. The van der Waals surface area contributed by atoms with Crippen LogP contribution in [-0.4, -0.2) is 17.1 Å². The Bertz CT molecular complexity index is 581. The summed E-state index contributed by atoms with van der Waals surface area (Å²) in [6.45, 7) is 0. The van der Waals surface area contributed by atoms with Gasteiger partial charge in [-0.2, -0.15) is 0 Å². The van der Waals surface area contributed by atoms with Crippen LogP contribution >= 0.6 is 27.5 Å². The fourth-order valence-corrected chi connectivity index (χ4v) is 2.35. The summed E-state index contributed by atoms with van der Waals surface area (Å²) >= 11 is 9.62. The maximum absolute atomic E-state index is 6.21. The van der Waals surface area contributed by atoms with Gasteiger partial charge in [0, 0.05) is 21.9 Å². The number of nitrogens with one attached hydrogen (secondary N) is 1. The molecule has 0 amide bonds. The molecule has 0 radical (unpaired) electrons. The summed E-state index contributed by atoms with van der Waals surface area (Å²) in [5, 5.41) is 0.582. The molecule has 7 heteroatoms. The number of benzene rings is 1. The molecule has 0 spiro atoms. The second kappa shape index (κ2) is 6.29. The summed E-state index contributed by atoms with van der Waals surface area (Å²) in [4.78, 5) is 8.37. The van der Waals surface area contributed by atoms with E-state index >= 15 is 0 Å². The summed E-state index contributed by atoms with van der Waals surface area (Å²) in [5.41, 5.74) is 4.06. The summed E-state index contributed by atoms with van der Waals surface area (Å²) in [5.74, 6) is 6.04. The lowest BCUT2D eigenvalue weighted by molar-refractivity contribution is 0.383. The van der Waals surface area contributed by atoms with E-state index in [0.717, 1.165) is 10.0 Å². The van der Waals surface area contributed by atoms with Gasteiger partial charge in [0.25, 0.3) is 0 Å². The smallest absolute Gasteiger partial charge is 0.237 e. The van der Waals surface area contributed by atoms with Gasteiger partial charge in [-0.05, 0) is 23.8 Å². The number of rotatable bonds is 4. The van der Waals surface area contributed by atoms with Crippen LogP contribution in [0.25, 0.3) is 0 Å². The normalized spacial score (nSPS) is 12.2. The molecule has 1 heterocycles. The van der Waals surface area contributed by atoms with E-state index in [1.807, 2.05) is 12.1 Å². The molecule has 0 saturated heterocycles. The Hall–Kier alpha value is -1.21. The second-order valence-corrected chi connectivity index (χ2v) is 5.04. The molecule has 1 atom stereocenters. The van der Waals surface area contributed by atoms with Crippen molar-refractivity contribution in [2.24, 2.45) is 5.84 Å². The first-order valence-corrected chi connectivity index (χ1v) is 6.60. The molecular weight excluding hydrogens is 332 g/mol. The van der Waals surface area contributed by atoms with Crippen molar-refractivity contribution in [1.29, 1.82) is 0 Å². The van der Waals surface area contributed by atoms with Crippen LogP contribution < -0.4 is 16.0 Å². The van der Waals surface area contributed by atoms with Gasteiger partial charge >= 0.3 is 0 Å². The van der Waals surface area contributed by atoms with Crippen LogP contribution in [-0.2, 0) is 0 Å². The van der Waals surface area contributed by atoms with E-state index in [1.165, 1.54) is 7.11 Å². The molecule has 1 aromatic heterocycles. The highest BCUT2D eigenvalue weighted by Gasteiger charge is 2.21. The predicted octanol–water partition coefficient (Wildman–Crippen LogP) is 2.45. The third-order valence-electron chi connectivity index (χ3n) is 2.59. The Morgan fingerprint density at radius 2 is 2.11 bits per heavy atom. The van der Waals surface area contributed by atoms with Gasteiger partial charge in [-0.15, -0.1) is 0 Å². The van der Waals surface area contributed by atoms with Gasteiger partial charge in [-0.25, -0.2) is 10.4 Å². The van der Waals surface area contributed by atoms with Gasteiger partial charge in [-0.3, -0.25) is 10.8 Å². The predicted molar refractivity (Wildman–Crippen MR) is 76.9 cm³/mol. The molecular formula is C12H12BrClN4O. The van der Waals surface area contributed by atoms with Crippen molar-refractivity contribution in [3.8, 4) is 5.88 Å². The van der Waals surface area contributed by atoms with Crippen molar-refractivity contribution in [2.45, 2.75) is 6.04 Å². The van der Waals surface area contributed by atoms with Gasteiger partial charge < -0.3 is 4.74 Å².